The summed E-state index contributed by atoms with van der Waals surface area (Å²) in [5.41, 5.74) is 1.97. The van der Waals surface area contributed by atoms with Gasteiger partial charge in [0.25, 0.3) is 0 Å². The molecule has 2 unspecified atom stereocenters. The second kappa shape index (κ2) is 20.4. The summed E-state index contributed by atoms with van der Waals surface area (Å²) in [6.45, 7) is 8.69. The van der Waals surface area contributed by atoms with Crippen LogP contribution in [0.4, 0.5) is 0 Å². The van der Waals surface area contributed by atoms with Crippen molar-refractivity contribution in [2.75, 3.05) is 40.1 Å². The molecule has 1 heterocycles. The molecular formula is C35H55N2O7P. The SMILES string of the molecule is CCCCCCCCCCCCOc1cccc(OCC(COP(=O)(O)Oc2ccc(CN3C=CN(C)C3)cc2)OCC)c1C. The van der Waals surface area contributed by atoms with Gasteiger partial charge in [-0.15, -0.1) is 0 Å². The standard InChI is InChI=1S/C35H55N2O7P/c1-5-7-8-9-10-11-12-13-14-15-25-41-34-17-16-18-35(30(34)3)42-27-33(40-6-2)28-43-45(38,39)44-32-21-19-31(20-22-32)26-37-24-23-36(4)29-37/h16-24,33H,5-15,25-29H2,1-4H3,(H,38,39). The van der Waals surface area contributed by atoms with E-state index in [9.17, 15) is 9.46 Å². The van der Waals surface area contributed by atoms with Crippen molar-refractivity contribution < 1.29 is 32.7 Å². The Morgan fingerprint density at radius 3 is 2.11 bits per heavy atom. The summed E-state index contributed by atoms with van der Waals surface area (Å²) in [7, 11) is -2.36. The number of hydrogen-bond donors (Lipinski definition) is 1. The normalized spacial score (nSPS) is 14.9. The zero-order valence-corrected chi connectivity index (χ0v) is 28.7. The number of phosphoric ester groups is 1. The summed E-state index contributed by atoms with van der Waals surface area (Å²) >= 11 is 0. The van der Waals surface area contributed by atoms with Crippen LogP contribution in [0.2, 0.25) is 0 Å². The highest BCUT2D eigenvalue weighted by Crippen LogP contribution is 2.44. The van der Waals surface area contributed by atoms with E-state index >= 15 is 0 Å². The molecule has 0 bridgehead atoms. The summed E-state index contributed by atoms with van der Waals surface area (Å²) in [5.74, 6) is 1.74. The summed E-state index contributed by atoms with van der Waals surface area (Å²) < 4.78 is 41.1. The minimum atomic E-state index is -4.37. The lowest BCUT2D eigenvalue weighted by atomic mass is 10.1. The Bertz CT molecular complexity index is 1180. The minimum absolute atomic E-state index is 0.144. The molecule has 0 radical (unpaired) electrons. The largest absolute Gasteiger partial charge is 0.527 e. The molecule has 45 heavy (non-hydrogen) atoms. The van der Waals surface area contributed by atoms with Crippen molar-refractivity contribution in [2.24, 2.45) is 0 Å². The highest BCUT2D eigenvalue weighted by molar-refractivity contribution is 7.47. The topological polar surface area (TPSA) is 89.9 Å². The lowest BCUT2D eigenvalue weighted by molar-refractivity contribution is -0.00727. The maximum absolute atomic E-state index is 12.7. The van der Waals surface area contributed by atoms with Gasteiger partial charge in [0.1, 0.15) is 30.0 Å². The zero-order valence-electron chi connectivity index (χ0n) is 27.8. The summed E-state index contributed by atoms with van der Waals surface area (Å²) in [6.07, 6.45) is 16.4. The van der Waals surface area contributed by atoms with Gasteiger partial charge in [0, 0.05) is 38.2 Å². The first kappa shape index (κ1) is 36.8. The second-order valence-corrected chi connectivity index (χ2v) is 13.1. The fourth-order valence-corrected chi connectivity index (χ4v) is 5.96. The fourth-order valence-electron chi connectivity index (χ4n) is 5.16. The van der Waals surface area contributed by atoms with E-state index in [1.54, 1.807) is 12.1 Å². The number of ether oxygens (including phenoxy) is 3. The van der Waals surface area contributed by atoms with Crippen LogP contribution in [0.1, 0.15) is 89.2 Å². The fraction of sp³-hybridized carbons (Fsp3) is 0.600. The molecule has 0 fully saturated rings. The molecule has 9 nitrogen and oxygen atoms in total. The van der Waals surface area contributed by atoms with Crippen LogP contribution in [-0.4, -0.2) is 60.9 Å². The molecule has 0 saturated heterocycles. The molecule has 1 N–H and O–H groups in total. The highest BCUT2D eigenvalue weighted by Gasteiger charge is 2.26. The first-order chi connectivity index (χ1) is 21.8. The van der Waals surface area contributed by atoms with Gasteiger partial charge in [-0.2, -0.15) is 0 Å². The molecule has 0 spiro atoms. The minimum Gasteiger partial charge on any atom is -0.493 e. The Kier molecular flexibility index (Phi) is 16.7. The van der Waals surface area contributed by atoms with Crippen LogP contribution in [0.3, 0.4) is 0 Å². The van der Waals surface area contributed by atoms with E-state index in [0.717, 1.165) is 36.5 Å². The van der Waals surface area contributed by atoms with Gasteiger partial charge < -0.3 is 28.5 Å². The van der Waals surface area contributed by atoms with Crippen molar-refractivity contribution in [1.29, 1.82) is 0 Å². The van der Waals surface area contributed by atoms with Gasteiger partial charge in [-0.25, -0.2) is 4.57 Å². The predicted molar refractivity (Wildman–Crippen MR) is 180 cm³/mol. The number of hydrogen-bond acceptors (Lipinski definition) is 8. The number of rotatable bonds is 24. The van der Waals surface area contributed by atoms with E-state index in [2.05, 4.69) is 16.7 Å². The van der Waals surface area contributed by atoms with Crippen LogP contribution < -0.4 is 14.0 Å². The third kappa shape index (κ3) is 14.5. The molecule has 0 amide bonds. The van der Waals surface area contributed by atoms with Gasteiger partial charge in [-0.3, -0.25) is 9.42 Å². The molecule has 10 heteroatoms. The molecule has 0 aromatic heterocycles. The van der Waals surface area contributed by atoms with Crippen molar-refractivity contribution in [3.8, 4) is 17.2 Å². The maximum atomic E-state index is 12.7. The van der Waals surface area contributed by atoms with Crippen molar-refractivity contribution in [1.82, 2.24) is 9.80 Å². The van der Waals surface area contributed by atoms with E-state index in [1.165, 1.54) is 57.8 Å². The molecule has 1 aliphatic rings. The Morgan fingerprint density at radius 2 is 1.49 bits per heavy atom. The second-order valence-electron chi connectivity index (χ2n) is 11.7. The molecule has 3 rings (SSSR count). The van der Waals surface area contributed by atoms with Gasteiger partial charge in [-0.1, -0.05) is 82.9 Å². The zero-order chi connectivity index (χ0) is 32.3. The van der Waals surface area contributed by atoms with E-state index < -0.39 is 13.9 Å². The summed E-state index contributed by atoms with van der Waals surface area (Å²) in [5, 5.41) is 0. The molecule has 0 saturated carbocycles. The van der Waals surface area contributed by atoms with E-state index in [4.69, 9.17) is 23.3 Å². The van der Waals surface area contributed by atoms with Crippen LogP contribution in [0.25, 0.3) is 0 Å². The third-order valence-corrected chi connectivity index (χ3v) is 8.62. The van der Waals surface area contributed by atoms with Crippen molar-refractivity contribution in [2.45, 2.75) is 97.6 Å². The third-order valence-electron chi connectivity index (χ3n) is 7.71. The van der Waals surface area contributed by atoms with E-state index in [0.29, 0.717) is 19.0 Å². The summed E-state index contributed by atoms with van der Waals surface area (Å²) in [6, 6.07) is 12.8. The molecule has 2 aromatic carbocycles. The van der Waals surface area contributed by atoms with E-state index in [1.807, 2.05) is 63.6 Å². The first-order valence-corrected chi connectivity index (χ1v) is 18.1. The van der Waals surface area contributed by atoms with Crippen LogP contribution in [0.15, 0.2) is 54.9 Å². The number of nitrogens with zero attached hydrogens (tertiary/aromatic N) is 2. The highest BCUT2D eigenvalue weighted by atomic mass is 31.2. The predicted octanol–water partition coefficient (Wildman–Crippen LogP) is 8.45. The van der Waals surface area contributed by atoms with Crippen molar-refractivity contribution in [3.05, 3.63) is 66.0 Å². The Labute approximate surface area is 271 Å². The maximum Gasteiger partial charge on any atom is 0.527 e. The number of unbranched alkanes of at least 4 members (excludes halogenated alkanes) is 9. The molecule has 2 atom stereocenters. The molecule has 1 aliphatic heterocycles. The number of phosphoric acid groups is 1. The van der Waals surface area contributed by atoms with Gasteiger partial charge in [-0.05, 0) is 50.1 Å². The average Bonchev–Trinajstić information content (AvgIpc) is 3.43. The van der Waals surface area contributed by atoms with Gasteiger partial charge in [0.05, 0.1) is 19.9 Å². The summed E-state index contributed by atoms with van der Waals surface area (Å²) in [4.78, 5) is 14.6. The van der Waals surface area contributed by atoms with Gasteiger partial charge >= 0.3 is 7.82 Å². The van der Waals surface area contributed by atoms with Crippen molar-refractivity contribution in [3.63, 3.8) is 0 Å². The van der Waals surface area contributed by atoms with Crippen LogP contribution in [0, 0.1) is 6.92 Å². The van der Waals surface area contributed by atoms with Gasteiger partial charge in [0.2, 0.25) is 0 Å². The first-order valence-electron chi connectivity index (χ1n) is 16.6. The monoisotopic (exact) mass is 646 g/mol. The number of benzene rings is 2. The lowest BCUT2D eigenvalue weighted by Crippen LogP contribution is -2.27. The lowest BCUT2D eigenvalue weighted by Gasteiger charge is -2.21. The molecular weight excluding hydrogens is 591 g/mol. The van der Waals surface area contributed by atoms with Crippen molar-refractivity contribution >= 4 is 7.82 Å². The molecule has 0 aliphatic carbocycles. The van der Waals surface area contributed by atoms with Gasteiger partial charge in [0.15, 0.2) is 0 Å². The average molecular weight is 647 g/mol. The Hall–Kier alpha value is -2.71. The molecule has 252 valence electrons. The smallest absolute Gasteiger partial charge is 0.493 e. The molecule has 2 aromatic rings. The quantitative estimate of drug-likeness (QED) is 0.0891. The van der Waals surface area contributed by atoms with Crippen LogP contribution >= 0.6 is 7.82 Å². The van der Waals surface area contributed by atoms with E-state index in [-0.39, 0.29) is 19.0 Å². The van der Waals surface area contributed by atoms with Crippen LogP contribution in [0.5, 0.6) is 17.2 Å². The Morgan fingerprint density at radius 1 is 0.844 bits per heavy atom. The Balaban J connectivity index is 1.37. The van der Waals surface area contributed by atoms with Crippen LogP contribution in [-0.2, 0) is 20.4 Å².